The van der Waals surface area contributed by atoms with Gasteiger partial charge in [0, 0.05) is 67.2 Å². The Morgan fingerprint density at radius 3 is 2.70 bits per heavy atom. The lowest BCUT2D eigenvalue weighted by molar-refractivity contribution is -0.119. The van der Waals surface area contributed by atoms with Gasteiger partial charge < -0.3 is 31.1 Å². The Morgan fingerprint density at radius 1 is 1.11 bits per heavy atom. The normalized spacial score (nSPS) is 14.3. The van der Waals surface area contributed by atoms with Crippen molar-refractivity contribution in [3.8, 4) is 28.1 Å². The average molecular weight is 646 g/mol. The van der Waals surface area contributed by atoms with E-state index in [0.717, 1.165) is 34.2 Å². The van der Waals surface area contributed by atoms with Gasteiger partial charge in [-0.25, -0.2) is 4.39 Å². The smallest absolute Gasteiger partial charge is 0.258 e. The number of carbonyl (C=O) groups excluding carboxylic acids is 2. The molecule has 1 aliphatic rings. The number of nitrogens with zero attached hydrogens (tertiary/aromatic N) is 1. The molecule has 1 atom stereocenters. The van der Waals surface area contributed by atoms with E-state index in [1.54, 1.807) is 25.4 Å². The monoisotopic (exact) mass is 645 g/mol. The van der Waals surface area contributed by atoms with Crippen LogP contribution >= 0.6 is 11.6 Å². The molecule has 4 aromatic rings. The number of aliphatic hydroxyl groups excluding tert-OH is 1. The molecular formula is C35H37ClFN5O4. The number of methoxy groups -OCH3 is 1. The van der Waals surface area contributed by atoms with Crippen molar-refractivity contribution in [2.75, 3.05) is 32.1 Å². The number of carbonyl (C=O) groups is 2. The molecule has 1 aliphatic heterocycles. The molecule has 240 valence electrons. The lowest BCUT2D eigenvalue weighted by Gasteiger charge is -2.16. The fraction of sp³-hybridized carbons (Fsp3) is 0.286. The zero-order valence-electron chi connectivity index (χ0n) is 25.8. The molecule has 0 radical (unpaired) electrons. The van der Waals surface area contributed by atoms with Crippen molar-refractivity contribution in [1.82, 2.24) is 20.9 Å². The molecule has 11 heteroatoms. The molecule has 1 fully saturated rings. The van der Waals surface area contributed by atoms with Crippen LogP contribution in [0.3, 0.4) is 0 Å². The number of hydrogen-bond donors (Lipinski definition) is 5. The first-order valence-corrected chi connectivity index (χ1v) is 15.5. The molecule has 9 nitrogen and oxygen atoms in total. The fourth-order valence-electron chi connectivity index (χ4n) is 5.52. The number of aromatic nitrogens is 1. The van der Waals surface area contributed by atoms with E-state index in [1.165, 1.54) is 12.1 Å². The van der Waals surface area contributed by atoms with Crippen LogP contribution in [0.2, 0.25) is 5.02 Å². The van der Waals surface area contributed by atoms with Gasteiger partial charge in [-0.1, -0.05) is 41.9 Å². The summed E-state index contributed by atoms with van der Waals surface area (Å²) in [4.78, 5) is 29.1. The van der Waals surface area contributed by atoms with E-state index in [4.69, 9.17) is 21.4 Å². The highest BCUT2D eigenvalue weighted by atomic mass is 35.5. The molecule has 1 aromatic heterocycles. The Balaban J connectivity index is 1.33. The first-order chi connectivity index (χ1) is 22.3. The number of nitrogens with one attached hydrogen (secondary N) is 4. The third kappa shape index (κ3) is 7.71. The summed E-state index contributed by atoms with van der Waals surface area (Å²) in [7, 11) is 1.62. The van der Waals surface area contributed by atoms with Gasteiger partial charge in [0.15, 0.2) is 0 Å². The van der Waals surface area contributed by atoms with Crippen molar-refractivity contribution in [3.05, 3.63) is 100.0 Å². The Bertz CT molecular complexity index is 1730. The van der Waals surface area contributed by atoms with Crippen LogP contribution in [0.25, 0.3) is 22.4 Å². The van der Waals surface area contributed by atoms with Crippen molar-refractivity contribution in [2.24, 2.45) is 0 Å². The van der Waals surface area contributed by atoms with Crippen molar-refractivity contribution >= 4 is 29.1 Å². The Morgan fingerprint density at radius 2 is 1.96 bits per heavy atom. The molecule has 5 N–H and O–H groups in total. The maximum atomic E-state index is 14.8. The lowest BCUT2D eigenvalue weighted by Crippen LogP contribution is -2.35. The van der Waals surface area contributed by atoms with Crippen molar-refractivity contribution < 1.29 is 23.8 Å². The number of aliphatic hydroxyl groups is 1. The number of ether oxygens (including phenoxy) is 1. The summed E-state index contributed by atoms with van der Waals surface area (Å²) < 4.78 is 20.5. The van der Waals surface area contributed by atoms with Crippen LogP contribution in [0.5, 0.6) is 5.75 Å². The SMILES string of the molecule is COc1cc(-c2nccc(-c3cccc(NC(=O)c4ccc(CNCCO)cc4F)c3C)c2Cl)ccc1CNCC1CCC(=O)N1. The van der Waals surface area contributed by atoms with Gasteiger partial charge >= 0.3 is 0 Å². The third-order valence-electron chi connectivity index (χ3n) is 8.01. The van der Waals surface area contributed by atoms with Gasteiger partial charge in [-0.3, -0.25) is 14.6 Å². The minimum atomic E-state index is -0.629. The van der Waals surface area contributed by atoms with Crippen LogP contribution in [0.1, 0.15) is 39.9 Å². The number of benzene rings is 3. The number of rotatable bonds is 13. The van der Waals surface area contributed by atoms with Crippen LogP contribution in [0.15, 0.2) is 66.9 Å². The van der Waals surface area contributed by atoms with Gasteiger partial charge in [0.05, 0.1) is 30.0 Å². The maximum Gasteiger partial charge on any atom is 0.258 e. The lowest BCUT2D eigenvalue weighted by atomic mass is 9.97. The summed E-state index contributed by atoms with van der Waals surface area (Å²) in [6.45, 7) is 3.88. The van der Waals surface area contributed by atoms with E-state index < -0.39 is 11.7 Å². The first-order valence-electron chi connectivity index (χ1n) is 15.1. The zero-order chi connectivity index (χ0) is 32.6. The summed E-state index contributed by atoms with van der Waals surface area (Å²) in [5.74, 6) is -0.417. The molecule has 0 spiro atoms. The van der Waals surface area contributed by atoms with Gasteiger partial charge in [0.25, 0.3) is 5.91 Å². The highest BCUT2D eigenvalue weighted by molar-refractivity contribution is 6.35. The molecule has 1 saturated heterocycles. The van der Waals surface area contributed by atoms with Crippen LogP contribution in [0.4, 0.5) is 10.1 Å². The van der Waals surface area contributed by atoms with Gasteiger partial charge in [0.2, 0.25) is 5.91 Å². The quantitative estimate of drug-likeness (QED) is 0.126. The first kappa shape index (κ1) is 33.0. The predicted octanol–water partition coefficient (Wildman–Crippen LogP) is 5.23. The van der Waals surface area contributed by atoms with E-state index >= 15 is 0 Å². The van der Waals surface area contributed by atoms with E-state index in [1.807, 2.05) is 43.3 Å². The summed E-state index contributed by atoms with van der Waals surface area (Å²) >= 11 is 6.98. The standard InChI is InChI=1S/C35H37ClFN5O4/c1-21-26(4-3-5-30(21)42-35(45)28-10-6-22(16-29(28)37)18-38-14-15-43)27-12-13-40-34(33(27)36)23-7-8-24(31(17-23)46-2)19-39-20-25-9-11-32(44)41-25/h3-8,10,12-13,16-17,25,38-39,43H,9,11,14-15,18-20H2,1-2H3,(H,41,44)(H,42,45). The van der Waals surface area contributed by atoms with Crippen LogP contribution in [-0.2, 0) is 17.9 Å². The van der Waals surface area contributed by atoms with E-state index in [9.17, 15) is 14.0 Å². The topological polar surface area (TPSA) is 125 Å². The number of anilines is 1. The minimum Gasteiger partial charge on any atom is -0.496 e. The largest absolute Gasteiger partial charge is 0.496 e. The summed E-state index contributed by atoms with van der Waals surface area (Å²) in [6, 6.07) is 17.7. The molecule has 46 heavy (non-hydrogen) atoms. The second-order valence-electron chi connectivity index (χ2n) is 11.1. The van der Waals surface area contributed by atoms with E-state index in [2.05, 4.69) is 26.3 Å². The molecule has 2 amide bonds. The number of amides is 2. The zero-order valence-corrected chi connectivity index (χ0v) is 26.5. The van der Waals surface area contributed by atoms with Crippen molar-refractivity contribution in [1.29, 1.82) is 0 Å². The number of halogens is 2. The predicted molar refractivity (Wildman–Crippen MR) is 177 cm³/mol. The van der Waals surface area contributed by atoms with Crippen LogP contribution < -0.4 is 26.0 Å². The molecule has 0 saturated carbocycles. The molecule has 5 rings (SSSR count). The molecule has 3 aromatic carbocycles. The molecule has 2 heterocycles. The van der Waals surface area contributed by atoms with Gasteiger partial charge in [0.1, 0.15) is 11.6 Å². The maximum absolute atomic E-state index is 14.8. The van der Waals surface area contributed by atoms with Crippen molar-refractivity contribution in [3.63, 3.8) is 0 Å². The molecular weight excluding hydrogens is 609 g/mol. The summed E-state index contributed by atoms with van der Waals surface area (Å²) in [5, 5.41) is 21.5. The number of hydrogen-bond acceptors (Lipinski definition) is 7. The molecule has 1 unspecified atom stereocenters. The Hall–Kier alpha value is -4.35. The second-order valence-corrected chi connectivity index (χ2v) is 11.5. The van der Waals surface area contributed by atoms with Gasteiger partial charge in [-0.05, 0) is 60.4 Å². The third-order valence-corrected chi connectivity index (χ3v) is 8.39. The van der Waals surface area contributed by atoms with E-state index in [-0.39, 0.29) is 24.1 Å². The minimum absolute atomic E-state index is 0.0159. The van der Waals surface area contributed by atoms with Crippen LogP contribution in [-0.4, -0.2) is 54.8 Å². The summed E-state index contributed by atoms with van der Waals surface area (Å²) in [5.41, 5.74) is 5.74. The Labute approximate surface area is 272 Å². The average Bonchev–Trinajstić information content (AvgIpc) is 3.47. The summed E-state index contributed by atoms with van der Waals surface area (Å²) in [6.07, 6.45) is 3.08. The highest BCUT2D eigenvalue weighted by Crippen LogP contribution is 2.39. The molecule has 0 aliphatic carbocycles. The van der Waals surface area contributed by atoms with Crippen LogP contribution in [0, 0.1) is 12.7 Å². The Kier molecular flexibility index (Phi) is 11.0. The van der Waals surface area contributed by atoms with Crippen molar-refractivity contribution in [2.45, 2.75) is 38.9 Å². The second kappa shape index (κ2) is 15.3. The van der Waals surface area contributed by atoms with Gasteiger partial charge in [-0.15, -0.1) is 0 Å². The fourth-order valence-corrected chi connectivity index (χ4v) is 5.84. The number of pyridine rings is 1. The molecule has 0 bridgehead atoms. The highest BCUT2D eigenvalue weighted by Gasteiger charge is 2.21. The van der Waals surface area contributed by atoms with E-state index in [0.29, 0.717) is 60.3 Å². The van der Waals surface area contributed by atoms with Gasteiger partial charge in [-0.2, -0.15) is 0 Å².